The molecule has 3 rings (SSSR count). The van der Waals surface area contributed by atoms with Crippen molar-refractivity contribution >= 4 is 21.6 Å². The highest BCUT2D eigenvalue weighted by Gasteiger charge is 2.30. The summed E-state index contributed by atoms with van der Waals surface area (Å²) >= 11 is 0. The van der Waals surface area contributed by atoms with Crippen LogP contribution in [0.2, 0.25) is 0 Å². The lowest BCUT2D eigenvalue weighted by Crippen LogP contribution is -2.41. The molecule has 1 amide bonds. The molecule has 2 aromatic carbocycles. The van der Waals surface area contributed by atoms with Gasteiger partial charge in [-0.2, -0.15) is 4.31 Å². The van der Waals surface area contributed by atoms with Crippen molar-refractivity contribution in [3.05, 3.63) is 42.5 Å². The lowest BCUT2D eigenvalue weighted by molar-refractivity contribution is -0.114. The van der Waals surface area contributed by atoms with Crippen LogP contribution in [0.3, 0.4) is 0 Å². The molecule has 0 fully saturated rings. The summed E-state index contributed by atoms with van der Waals surface area (Å²) in [6, 6.07) is 11.8. The van der Waals surface area contributed by atoms with Crippen LogP contribution in [-0.4, -0.2) is 51.5 Å². The molecule has 9 heteroatoms. The first kappa shape index (κ1) is 20.9. The quantitative estimate of drug-likeness (QED) is 0.740. The van der Waals surface area contributed by atoms with Crippen LogP contribution >= 0.6 is 0 Å². The number of sulfonamides is 1. The Hall–Kier alpha value is -2.78. The van der Waals surface area contributed by atoms with Gasteiger partial charge in [0.25, 0.3) is 0 Å². The highest BCUT2D eigenvalue weighted by Crippen LogP contribution is 2.33. The van der Waals surface area contributed by atoms with Crippen molar-refractivity contribution in [2.45, 2.75) is 24.8 Å². The minimum Gasteiger partial charge on any atom is -0.492 e. The van der Waals surface area contributed by atoms with Crippen molar-refractivity contribution in [2.24, 2.45) is 0 Å². The number of nitrogens with zero attached hydrogens (tertiary/aromatic N) is 1. The van der Waals surface area contributed by atoms with Crippen LogP contribution in [0.4, 0.5) is 5.69 Å². The highest BCUT2D eigenvalue weighted by atomic mass is 32.2. The Kier molecular flexibility index (Phi) is 6.29. The number of rotatable bonds is 7. The van der Waals surface area contributed by atoms with Gasteiger partial charge in [-0.05, 0) is 37.3 Å². The summed E-state index contributed by atoms with van der Waals surface area (Å²) in [7, 11) is -2.43. The Morgan fingerprint density at radius 1 is 1.24 bits per heavy atom. The molecular weight excluding hydrogens is 396 g/mol. The highest BCUT2D eigenvalue weighted by molar-refractivity contribution is 7.89. The average molecular weight is 420 g/mol. The second-order valence-corrected chi connectivity index (χ2v) is 8.57. The lowest BCUT2D eigenvalue weighted by Gasteiger charge is -2.29. The van der Waals surface area contributed by atoms with E-state index < -0.39 is 16.1 Å². The fourth-order valence-electron chi connectivity index (χ4n) is 2.97. The Bertz CT molecular complexity index is 992. The van der Waals surface area contributed by atoms with Gasteiger partial charge in [0.1, 0.15) is 23.4 Å². The summed E-state index contributed by atoms with van der Waals surface area (Å²) < 4.78 is 44.7. The fourth-order valence-corrected chi connectivity index (χ4v) is 4.33. The molecule has 0 aliphatic carbocycles. The molecule has 0 aromatic heterocycles. The van der Waals surface area contributed by atoms with Crippen LogP contribution < -0.4 is 19.5 Å². The zero-order chi connectivity index (χ0) is 21.0. The van der Waals surface area contributed by atoms with E-state index in [0.29, 0.717) is 23.8 Å². The van der Waals surface area contributed by atoms with E-state index in [2.05, 4.69) is 5.32 Å². The predicted octanol–water partition coefficient (Wildman–Crippen LogP) is 2.50. The first-order valence-electron chi connectivity index (χ1n) is 9.20. The Morgan fingerprint density at radius 3 is 2.66 bits per heavy atom. The smallest absolute Gasteiger partial charge is 0.246 e. The van der Waals surface area contributed by atoms with Crippen LogP contribution in [-0.2, 0) is 14.8 Å². The van der Waals surface area contributed by atoms with Crippen LogP contribution in [0.1, 0.15) is 13.8 Å². The van der Waals surface area contributed by atoms with Gasteiger partial charge in [0.2, 0.25) is 15.9 Å². The Balaban J connectivity index is 1.83. The second-order valence-electron chi connectivity index (χ2n) is 6.56. The molecule has 8 nitrogen and oxygen atoms in total. The standard InChI is InChI=1S/C20H24N2O6S/c1-4-26-19-10-9-15(21-14(2)23)11-20(19)29(24,25)22(3)12-16-13-27-17-7-5-6-8-18(17)28-16/h5-11,16H,4,12-13H2,1-3H3,(H,21,23). The van der Waals surface area contributed by atoms with Crippen LogP contribution in [0.15, 0.2) is 47.4 Å². The molecule has 1 aliphatic rings. The number of nitrogens with one attached hydrogen (secondary N) is 1. The molecule has 2 aromatic rings. The van der Waals surface area contributed by atoms with E-state index in [-0.39, 0.29) is 29.7 Å². The maximum Gasteiger partial charge on any atom is 0.246 e. The Morgan fingerprint density at radius 2 is 1.97 bits per heavy atom. The van der Waals surface area contributed by atoms with Crippen molar-refractivity contribution in [2.75, 3.05) is 32.1 Å². The van der Waals surface area contributed by atoms with E-state index >= 15 is 0 Å². The number of para-hydroxylation sites is 2. The number of anilines is 1. The molecule has 1 aliphatic heterocycles. The summed E-state index contributed by atoms with van der Waals surface area (Å²) in [5.74, 6) is 1.14. The zero-order valence-electron chi connectivity index (χ0n) is 16.5. The summed E-state index contributed by atoms with van der Waals surface area (Å²) in [5, 5.41) is 2.60. The normalized spacial score (nSPS) is 15.8. The van der Waals surface area contributed by atoms with Crippen molar-refractivity contribution < 1.29 is 27.4 Å². The summed E-state index contributed by atoms with van der Waals surface area (Å²) in [5.41, 5.74) is 0.374. The SMILES string of the molecule is CCOc1ccc(NC(C)=O)cc1S(=O)(=O)N(C)CC1COc2ccccc2O1. The van der Waals surface area contributed by atoms with E-state index in [1.165, 1.54) is 30.4 Å². The number of fused-ring (bicyclic) bond motifs is 1. The van der Waals surface area contributed by atoms with Crippen molar-refractivity contribution in [1.29, 1.82) is 0 Å². The van der Waals surface area contributed by atoms with Crippen molar-refractivity contribution in [1.82, 2.24) is 4.31 Å². The minimum atomic E-state index is -3.91. The van der Waals surface area contributed by atoms with E-state index in [1.807, 2.05) is 12.1 Å². The van der Waals surface area contributed by atoms with E-state index in [1.54, 1.807) is 25.1 Å². The fraction of sp³-hybridized carbons (Fsp3) is 0.350. The molecule has 1 unspecified atom stereocenters. The average Bonchev–Trinajstić information content (AvgIpc) is 2.68. The molecule has 1 atom stereocenters. The van der Waals surface area contributed by atoms with E-state index in [9.17, 15) is 13.2 Å². The summed E-state index contributed by atoms with van der Waals surface area (Å²) in [6.07, 6.45) is -0.459. The van der Waals surface area contributed by atoms with Gasteiger partial charge in [0, 0.05) is 19.7 Å². The first-order chi connectivity index (χ1) is 13.8. The zero-order valence-corrected chi connectivity index (χ0v) is 17.4. The molecule has 156 valence electrons. The maximum atomic E-state index is 13.2. The minimum absolute atomic E-state index is 0.0229. The van der Waals surface area contributed by atoms with E-state index in [0.717, 1.165) is 0 Å². The molecule has 29 heavy (non-hydrogen) atoms. The van der Waals surface area contributed by atoms with Gasteiger partial charge in [0.15, 0.2) is 11.5 Å². The summed E-state index contributed by atoms with van der Waals surface area (Å²) in [4.78, 5) is 11.3. The van der Waals surface area contributed by atoms with Crippen molar-refractivity contribution in [3.63, 3.8) is 0 Å². The Labute approximate surface area is 170 Å². The monoisotopic (exact) mass is 420 g/mol. The van der Waals surface area contributed by atoms with Gasteiger partial charge in [-0.15, -0.1) is 0 Å². The third-order valence-electron chi connectivity index (χ3n) is 4.28. The molecule has 1 heterocycles. The second kappa shape index (κ2) is 8.71. The predicted molar refractivity (Wildman–Crippen MR) is 108 cm³/mol. The van der Waals surface area contributed by atoms with Gasteiger partial charge >= 0.3 is 0 Å². The molecule has 1 N–H and O–H groups in total. The number of likely N-dealkylation sites (N-methyl/N-ethyl adjacent to an activating group) is 1. The lowest BCUT2D eigenvalue weighted by atomic mass is 10.2. The third-order valence-corrected chi connectivity index (χ3v) is 6.12. The molecule has 0 saturated heterocycles. The topological polar surface area (TPSA) is 94.2 Å². The van der Waals surface area contributed by atoms with E-state index in [4.69, 9.17) is 14.2 Å². The first-order valence-corrected chi connectivity index (χ1v) is 10.6. The molecular formula is C20H24N2O6S. The van der Waals surface area contributed by atoms with Gasteiger partial charge < -0.3 is 19.5 Å². The number of hydrogen-bond donors (Lipinski definition) is 1. The van der Waals surface area contributed by atoms with Gasteiger partial charge in [-0.25, -0.2) is 8.42 Å². The molecule has 0 radical (unpaired) electrons. The number of carbonyl (C=O) groups is 1. The number of hydrogen-bond acceptors (Lipinski definition) is 6. The van der Waals surface area contributed by atoms with Crippen molar-refractivity contribution in [3.8, 4) is 17.2 Å². The van der Waals surface area contributed by atoms with Gasteiger partial charge in [0.05, 0.1) is 13.2 Å². The maximum absolute atomic E-state index is 13.2. The number of carbonyl (C=O) groups excluding carboxylic acids is 1. The number of ether oxygens (including phenoxy) is 3. The number of benzene rings is 2. The largest absolute Gasteiger partial charge is 0.492 e. The van der Waals surface area contributed by atoms with Crippen LogP contribution in [0.25, 0.3) is 0 Å². The molecule has 0 spiro atoms. The van der Waals surface area contributed by atoms with Crippen LogP contribution in [0, 0.1) is 0 Å². The van der Waals surface area contributed by atoms with Gasteiger partial charge in [-0.1, -0.05) is 12.1 Å². The van der Waals surface area contributed by atoms with Gasteiger partial charge in [-0.3, -0.25) is 4.79 Å². The molecule has 0 saturated carbocycles. The number of amides is 1. The van der Waals surface area contributed by atoms with Crippen LogP contribution in [0.5, 0.6) is 17.2 Å². The third kappa shape index (κ3) is 4.80. The summed E-state index contributed by atoms with van der Waals surface area (Å²) in [6.45, 7) is 3.76. The molecule has 0 bridgehead atoms.